The maximum Gasteiger partial charge on any atom is -0.147 e. The zero-order valence-electron chi connectivity index (χ0n) is 21.9. The van der Waals surface area contributed by atoms with Crippen molar-refractivity contribution in [1.82, 2.24) is 0 Å². The van der Waals surface area contributed by atoms with Gasteiger partial charge in [0.2, 0.25) is 0 Å². The van der Waals surface area contributed by atoms with Crippen LogP contribution in [0, 0.1) is 5.92 Å². The predicted molar refractivity (Wildman–Crippen MR) is 145 cm³/mol. The van der Waals surface area contributed by atoms with E-state index >= 15 is 0 Å². The standard InChI is InChI=1S/C17H9F6.C9H13.C2H6Si.2ClH.Zr/c18-16(19,20)12-7-11(8-13(9-12)17(21,22)23)15-6-5-10-3-1-2-4-14(10)15;1-6-5-7(2)9(4)8(6)3;1-3-2;;;/h1-9H;6H,1-4H3;1-2H3;2*1H;. The van der Waals surface area contributed by atoms with Crippen LogP contribution in [-0.4, -0.2) is 5.43 Å². The fraction of sp³-hybridized carbons (Fsp3) is 0.357. The van der Waals surface area contributed by atoms with Crippen LogP contribution < -0.4 is 0 Å². The van der Waals surface area contributed by atoms with Crippen LogP contribution in [-0.2, 0) is 32.7 Å². The number of hydrogen-bond acceptors (Lipinski definition) is 0. The Hall–Kier alpha value is -1.08. The molecule has 0 heterocycles. The molecule has 206 valence electrons. The summed E-state index contributed by atoms with van der Waals surface area (Å²) < 4.78 is 83.3. The number of halogens is 8. The Balaban J connectivity index is 0.00000253. The molecule has 0 saturated carbocycles. The van der Waals surface area contributed by atoms with E-state index in [9.17, 15) is 26.3 Å². The first-order chi connectivity index (χ1) is 16.6. The van der Waals surface area contributed by atoms with E-state index in [1.165, 1.54) is 16.7 Å². The molecule has 2 aromatic carbocycles. The molecule has 0 fully saturated rings. The SMILES string of the molecule is CC1=C(C)C(C)[C]([Zr]([CH]2C=C(c3cc(C(F)(F)F)cc(C(F)(F)F)c3)c3ccccc32)=[Si](C)C)=C1C.Cl.Cl. The number of rotatable bonds is 3. The molecule has 0 spiro atoms. The Morgan fingerprint density at radius 2 is 1.32 bits per heavy atom. The largest absolute Gasteiger partial charge is 0.147 e. The normalized spacial score (nSPS) is 19.1. The molecule has 0 radical (unpaired) electrons. The van der Waals surface area contributed by atoms with Crippen molar-refractivity contribution >= 4 is 35.8 Å². The van der Waals surface area contributed by atoms with Crippen molar-refractivity contribution in [3.8, 4) is 0 Å². The van der Waals surface area contributed by atoms with Gasteiger partial charge in [-0.1, -0.05) is 0 Å². The van der Waals surface area contributed by atoms with E-state index in [-0.39, 0.29) is 40.1 Å². The fourth-order valence-corrected chi connectivity index (χ4v) is 25.2. The van der Waals surface area contributed by atoms with Gasteiger partial charge >= 0.3 is 217 Å². The second-order valence-corrected chi connectivity index (χ2v) is 27.4. The molecular weight excluding hydrogens is 641 g/mol. The number of allylic oxidation sites excluding steroid dienone is 5. The van der Waals surface area contributed by atoms with Crippen LogP contribution in [0.2, 0.25) is 13.1 Å². The van der Waals surface area contributed by atoms with E-state index in [4.69, 9.17) is 0 Å². The molecule has 0 N–H and O–H groups in total. The summed E-state index contributed by atoms with van der Waals surface area (Å²) in [4.78, 5) is 0. The van der Waals surface area contributed by atoms with Crippen molar-refractivity contribution in [3.63, 3.8) is 0 Å². The maximum absolute atomic E-state index is 13.6. The van der Waals surface area contributed by atoms with Crippen molar-refractivity contribution < 1.29 is 46.7 Å². The van der Waals surface area contributed by atoms with Crippen molar-refractivity contribution in [2.75, 3.05) is 0 Å². The van der Waals surface area contributed by atoms with Gasteiger partial charge in [-0.15, -0.1) is 24.8 Å². The molecule has 2 aliphatic rings. The molecule has 2 aliphatic carbocycles. The first kappa shape index (κ1) is 33.1. The van der Waals surface area contributed by atoms with Crippen molar-refractivity contribution in [2.24, 2.45) is 5.92 Å². The average Bonchev–Trinajstić information content (AvgIpc) is 3.25. The molecular formula is C28H30Cl2F6SiZr. The Bertz CT molecular complexity index is 1350. The Kier molecular flexibility index (Phi) is 10.3. The minimum absolute atomic E-state index is 0. The summed E-state index contributed by atoms with van der Waals surface area (Å²) in [6.07, 6.45) is -7.75. The number of alkyl halides is 6. The number of fused-ring (bicyclic) bond motifs is 1. The van der Waals surface area contributed by atoms with E-state index in [0.717, 1.165) is 23.3 Å². The molecule has 10 heteroatoms. The minimum atomic E-state index is -4.88. The van der Waals surface area contributed by atoms with Gasteiger partial charge in [0.25, 0.3) is 0 Å². The van der Waals surface area contributed by atoms with Crippen LogP contribution >= 0.6 is 24.8 Å². The monoisotopic (exact) mass is 668 g/mol. The summed E-state index contributed by atoms with van der Waals surface area (Å²) in [5, 5.41) is 0. The summed E-state index contributed by atoms with van der Waals surface area (Å²) in [6.45, 7) is 13.4. The second kappa shape index (κ2) is 11.8. The quantitative estimate of drug-likeness (QED) is 0.225. The molecule has 0 bridgehead atoms. The van der Waals surface area contributed by atoms with Gasteiger partial charge in [0.1, 0.15) is 0 Å². The summed E-state index contributed by atoms with van der Waals surface area (Å²) in [7, 11) is 0. The smallest absolute Gasteiger partial charge is 0.147 e. The Morgan fingerprint density at radius 1 is 0.789 bits per heavy atom. The topological polar surface area (TPSA) is 0 Å². The number of hydrogen-bond donors (Lipinski definition) is 0. The van der Waals surface area contributed by atoms with Crippen LogP contribution in [0.1, 0.15) is 59.1 Å². The van der Waals surface area contributed by atoms with Gasteiger partial charge in [0.05, 0.1) is 0 Å². The molecule has 0 nitrogen and oxygen atoms in total. The first-order valence-electron chi connectivity index (χ1n) is 11.8. The van der Waals surface area contributed by atoms with Crippen molar-refractivity contribution in [2.45, 2.75) is 56.8 Å². The van der Waals surface area contributed by atoms with Crippen LogP contribution in [0.5, 0.6) is 0 Å². The molecule has 2 atom stereocenters. The zero-order valence-corrected chi connectivity index (χ0v) is 26.9. The Morgan fingerprint density at radius 3 is 1.76 bits per heavy atom. The van der Waals surface area contributed by atoms with Crippen LogP contribution in [0.4, 0.5) is 26.3 Å². The molecule has 38 heavy (non-hydrogen) atoms. The van der Waals surface area contributed by atoms with Crippen LogP contribution in [0.15, 0.2) is 68.5 Å². The van der Waals surface area contributed by atoms with Gasteiger partial charge in [0, 0.05) is 0 Å². The van der Waals surface area contributed by atoms with E-state index in [1.807, 2.05) is 24.3 Å². The summed E-state index contributed by atoms with van der Waals surface area (Å²) in [5.74, 6) is 0.342. The van der Waals surface area contributed by atoms with Crippen LogP contribution in [0.3, 0.4) is 0 Å². The third-order valence-electron chi connectivity index (χ3n) is 7.60. The Labute approximate surface area is 240 Å². The molecule has 0 aliphatic heterocycles. The van der Waals surface area contributed by atoms with Crippen molar-refractivity contribution in [1.29, 1.82) is 0 Å². The van der Waals surface area contributed by atoms with E-state index in [1.54, 1.807) is 9.35 Å². The molecule has 2 unspecified atom stereocenters. The fourth-order valence-electron chi connectivity index (χ4n) is 5.51. The van der Waals surface area contributed by atoms with Gasteiger partial charge in [-0.2, -0.15) is 0 Å². The summed E-state index contributed by atoms with van der Waals surface area (Å²) in [5.41, 5.74) is 3.00. The van der Waals surface area contributed by atoms with Crippen molar-refractivity contribution in [3.05, 3.63) is 96.4 Å². The predicted octanol–water partition coefficient (Wildman–Crippen LogP) is 10.2. The summed E-state index contributed by atoms with van der Waals surface area (Å²) in [6, 6.07) is 9.50. The van der Waals surface area contributed by atoms with E-state index < -0.39 is 49.3 Å². The molecule has 0 amide bonds. The number of benzene rings is 2. The molecule has 2 aromatic rings. The van der Waals surface area contributed by atoms with E-state index in [2.05, 4.69) is 40.8 Å². The molecule has 4 rings (SSSR count). The second-order valence-electron chi connectivity index (χ2n) is 9.92. The molecule has 0 saturated heterocycles. The first-order valence-corrected chi connectivity index (χ1v) is 20.6. The third-order valence-corrected chi connectivity index (χ3v) is 26.2. The average molecular weight is 671 g/mol. The van der Waals surface area contributed by atoms with Gasteiger partial charge < -0.3 is 0 Å². The van der Waals surface area contributed by atoms with Gasteiger partial charge in [-0.3, -0.25) is 0 Å². The summed E-state index contributed by atoms with van der Waals surface area (Å²) >= 11 is -2.44. The zero-order chi connectivity index (χ0) is 26.7. The minimum Gasteiger partial charge on any atom is -0.147 e. The van der Waals surface area contributed by atoms with Crippen LogP contribution in [0.25, 0.3) is 5.57 Å². The maximum atomic E-state index is 13.6. The van der Waals surface area contributed by atoms with Gasteiger partial charge in [-0.25, -0.2) is 0 Å². The third kappa shape index (κ3) is 5.99. The molecule has 0 aromatic heterocycles. The van der Waals surface area contributed by atoms with Gasteiger partial charge in [-0.05, 0) is 0 Å². The van der Waals surface area contributed by atoms with Gasteiger partial charge in [0.15, 0.2) is 0 Å². The van der Waals surface area contributed by atoms with E-state index in [0.29, 0.717) is 11.5 Å².